The molecule has 2 aromatic rings. The first-order valence-electron chi connectivity index (χ1n) is 7.68. The van der Waals surface area contributed by atoms with Crippen molar-refractivity contribution in [3.8, 4) is 0 Å². The summed E-state index contributed by atoms with van der Waals surface area (Å²) in [7, 11) is 1.85. The van der Waals surface area contributed by atoms with Gasteiger partial charge in [0.25, 0.3) is 0 Å². The molecular formula is C17H21N3O2. The zero-order chi connectivity index (χ0) is 15.4. The van der Waals surface area contributed by atoms with Crippen molar-refractivity contribution in [3.05, 3.63) is 42.1 Å². The van der Waals surface area contributed by atoms with Gasteiger partial charge in [-0.25, -0.2) is 0 Å². The van der Waals surface area contributed by atoms with Crippen molar-refractivity contribution in [2.75, 3.05) is 26.7 Å². The van der Waals surface area contributed by atoms with Gasteiger partial charge in [-0.1, -0.05) is 18.2 Å². The number of hydrogen-bond acceptors (Lipinski definition) is 4. The van der Waals surface area contributed by atoms with E-state index in [0.29, 0.717) is 19.5 Å². The highest BCUT2D eigenvalue weighted by Gasteiger charge is 2.16. The average Bonchev–Trinajstić information content (AvgIpc) is 3.06. The molecule has 1 aliphatic heterocycles. The van der Waals surface area contributed by atoms with Crippen molar-refractivity contribution < 1.29 is 9.63 Å². The summed E-state index contributed by atoms with van der Waals surface area (Å²) in [6.07, 6.45) is 3.33. The first kappa shape index (κ1) is 14.9. The Hall–Kier alpha value is -1.98. The second kappa shape index (κ2) is 6.85. The van der Waals surface area contributed by atoms with Crippen molar-refractivity contribution in [2.24, 2.45) is 0 Å². The molecule has 1 amide bonds. The largest absolute Gasteiger partial charge is 0.341 e. The maximum atomic E-state index is 12.3. The summed E-state index contributed by atoms with van der Waals surface area (Å²) in [4.78, 5) is 23.8. The van der Waals surface area contributed by atoms with Gasteiger partial charge >= 0.3 is 0 Å². The summed E-state index contributed by atoms with van der Waals surface area (Å²) < 4.78 is 0. The molecule has 0 atom stereocenters. The lowest BCUT2D eigenvalue weighted by Crippen LogP contribution is -2.30. The number of carbonyl (C=O) groups is 1. The Kier molecular flexibility index (Phi) is 4.65. The van der Waals surface area contributed by atoms with Crippen LogP contribution in [0, 0.1) is 0 Å². The van der Waals surface area contributed by atoms with Crippen molar-refractivity contribution in [3.63, 3.8) is 0 Å². The second-order valence-electron chi connectivity index (χ2n) is 5.60. The maximum absolute atomic E-state index is 12.3. The number of aromatic nitrogens is 1. The van der Waals surface area contributed by atoms with Crippen LogP contribution in [0.2, 0.25) is 0 Å². The Morgan fingerprint density at radius 1 is 1.36 bits per heavy atom. The number of fused-ring (bicyclic) bond motifs is 1. The summed E-state index contributed by atoms with van der Waals surface area (Å²) in [5.41, 5.74) is 2.09. The predicted octanol–water partition coefficient (Wildman–Crippen LogP) is 2.22. The van der Waals surface area contributed by atoms with Crippen LogP contribution in [0.5, 0.6) is 0 Å². The van der Waals surface area contributed by atoms with Crippen molar-refractivity contribution >= 4 is 16.8 Å². The van der Waals surface area contributed by atoms with Gasteiger partial charge in [-0.2, -0.15) is 5.06 Å². The average molecular weight is 299 g/mol. The summed E-state index contributed by atoms with van der Waals surface area (Å²) >= 11 is 0. The number of hydrogen-bond donors (Lipinski definition) is 0. The number of pyridine rings is 1. The van der Waals surface area contributed by atoms with E-state index in [0.717, 1.165) is 36.0 Å². The number of hydroxylamine groups is 2. The summed E-state index contributed by atoms with van der Waals surface area (Å²) in [6.45, 7) is 2.96. The monoisotopic (exact) mass is 299 g/mol. The van der Waals surface area contributed by atoms with Gasteiger partial charge in [-0.15, -0.1) is 0 Å². The van der Waals surface area contributed by atoms with E-state index in [1.807, 2.05) is 42.4 Å². The van der Waals surface area contributed by atoms with Crippen LogP contribution in [0.1, 0.15) is 18.4 Å². The Bertz CT molecular complexity index is 648. The Labute approximate surface area is 130 Å². The zero-order valence-corrected chi connectivity index (χ0v) is 12.9. The van der Waals surface area contributed by atoms with Crippen LogP contribution in [0.25, 0.3) is 10.9 Å². The third-order valence-corrected chi connectivity index (χ3v) is 3.97. The van der Waals surface area contributed by atoms with Crippen molar-refractivity contribution in [1.82, 2.24) is 14.9 Å². The molecule has 2 heterocycles. The quantitative estimate of drug-likeness (QED) is 0.849. The molecule has 1 aliphatic rings. The lowest BCUT2D eigenvalue weighted by molar-refractivity contribution is -0.138. The van der Waals surface area contributed by atoms with Crippen LogP contribution in [0.15, 0.2) is 36.5 Å². The van der Waals surface area contributed by atoms with E-state index < -0.39 is 0 Å². The number of para-hydroxylation sites is 1. The first-order chi connectivity index (χ1) is 10.7. The van der Waals surface area contributed by atoms with Gasteiger partial charge in [0.1, 0.15) is 0 Å². The zero-order valence-electron chi connectivity index (χ0n) is 12.9. The van der Waals surface area contributed by atoms with Gasteiger partial charge in [0, 0.05) is 44.7 Å². The van der Waals surface area contributed by atoms with Crippen LogP contribution in [-0.2, 0) is 16.2 Å². The molecule has 0 bridgehead atoms. The highest BCUT2D eigenvalue weighted by Crippen LogP contribution is 2.17. The van der Waals surface area contributed by atoms with E-state index in [1.54, 1.807) is 11.1 Å². The predicted molar refractivity (Wildman–Crippen MR) is 85.0 cm³/mol. The third-order valence-electron chi connectivity index (χ3n) is 3.97. The minimum Gasteiger partial charge on any atom is -0.341 e. The van der Waals surface area contributed by atoms with E-state index in [4.69, 9.17) is 4.84 Å². The lowest BCUT2D eigenvalue weighted by Gasteiger charge is -2.20. The number of benzene rings is 1. The summed E-state index contributed by atoms with van der Waals surface area (Å²) in [6, 6.07) is 10.00. The van der Waals surface area contributed by atoms with E-state index in [-0.39, 0.29) is 5.91 Å². The summed E-state index contributed by atoms with van der Waals surface area (Å²) in [5, 5.41) is 2.99. The highest BCUT2D eigenvalue weighted by atomic mass is 16.7. The molecule has 5 nitrogen and oxygen atoms in total. The van der Waals surface area contributed by atoms with Gasteiger partial charge in [-0.05, 0) is 24.1 Å². The van der Waals surface area contributed by atoms with Crippen LogP contribution in [-0.4, -0.2) is 47.6 Å². The van der Waals surface area contributed by atoms with E-state index >= 15 is 0 Å². The normalized spacial score (nSPS) is 15.3. The van der Waals surface area contributed by atoms with Crippen LogP contribution >= 0.6 is 0 Å². The molecule has 1 aromatic carbocycles. The number of nitrogens with zero attached hydrogens (tertiary/aromatic N) is 3. The molecule has 0 saturated carbocycles. The Balaban J connectivity index is 1.62. The number of amides is 1. The summed E-state index contributed by atoms with van der Waals surface area (Å²) in [5.74, 6) is 0.136. The van der Waals surface area contributed by atoms with Crippen LogP contribution in [0.4, 0.5) is 0 Å². The SMILES string of the molecule is CN(Cc1ccnc2ccccc12)C(=O)CCN1CCCO1. The van der Waals surface area contributed by atoms with Gasteiger partial charge in [0.2, 0.25) is 5.91 Å². The molecule has 5 heteroatoms. The minimum absolute atomic E-state index is 0.136. The Morgan fingerprint density at radius 2 is 2.23 bits per heavy atom. The minimum atomic E-state index is 0.136. The fourth-order valence-corrected chi connectivity index (χ4v) is 2.72. The van der Waals surface area contributed by atoms with E-state index in [9.17, 15) is 4.79 Å². The van der Waals surface area contributed by atoms with Crippen LogP contribution < -0.4 is 0 Å². The first-order valence-corrected chi connectivity index (χ1v) is 7.68. The van der Waals surface area contributed by atoms with E-state index in [1.165, 1.54) is 0 Å². The number of carbonyl (C=O) groups excluding carboxylic acids is 1. The van der Waals surface area contributed by atoms with Gasteiger partial charge in [-0.3, -0.25) is 14.6 Å². The fourth-order valence-electron chi connectivity index (χ4n) is 2.72. The molecule has 1 aromatic heterocycles. The molecule has 116 valence electrons. The van der Waals surface area contributed by atoms with Crippen molar-refractivity contribution in [1.29, 1.82) is 0 Å². The molecule has 0 spiro atoms. The molecule has 0 N–H and O–H groups in total. The third kappa shape index (κ3) is 3.43. The molecule has 1 saturated heterocycles. The van der Waals surface area contributed by atoms with Crippen LogP contribution in [0.3, 0.4) is 0 Å². The molecule has 0 radical (unpaired) electrons. The molecule has 3 rings (SSSR count). The molecule has 22 heavy (non-hydrogen) atoms. The highest BCUT2D eigenvalue weighted by molar-refractivity contribution is 5.82. The second-order valence-corrected chi connectivity index (χ2v) is 5.60. The standard InChI is InChI=1S/C17H21N3O2/c1-19(17(21)8-11-20-10-4-12-22-20)13-14-7-9-18-16-6-3-2-5-15(14)16/h2-3,5-7,9H,4,8,10-13H2,1H3. The van der Waals surface area contributed by atoms with Gasteiger partial charge < -0.3 is 4.90 Å². The Morgan fingerprint density at radius 3 is 3.05 bits per heavy atom. The fraction of sp³-hybridized carbons (Fsp3) is 0.412. The lowest BCUT2D eigenvalue weighted by atomic mass is 10.1. The smallest absolute Gasteiger partial charge is 0.223 e. The van der Waals surface area contributed by atoms with Crippen molar-refractivity contribution in [2.45, 2.75) is 19.4 Å². The molecule has 0 unspecified atom stereocenters. The van der Waals surface area contributed by atoms with E-state index in [2.05, 4.69) is 4.98 Å². The maximum Gasteiger partial charge on any atom is 0.223 e. The molecule has 0 aliphatic carbocycles. The number of rotatable bonds is 5. The molecular weight excluding hydrogens is 278 g/mol. The van der Waals surface area contributed by atoms with Gasteiger partial charge in [0.15, 0.2) is 0 Å². The topological polar surface area (TPSA) is 45.7 Å². The van der Waals surface area contributed by atoms with Gasteiger partial charge in [0.05, 0.1) is 12.1 Å². The molecule has 1 fully saturated rings.